The zero-order chi connectivity index (χ0) is 8.72. The number of ether oxygens (including phenoxy) is 1. The van der Waals surface area contributed by atoms with Crippen LogP contribution < -0.4 is 4.74 Å². The van der Waals surface area contributed by atoms with Gasteiger partial charge in [0.25, 0.3) is 0 Å². The number of aryl methyl sites for hydroxylation is 1. The van der Waals surface area contributed by atoms with Gasteiger partial charge in [-0.05, 0) is 20.8 Å². The molecule has 1 unspecified atom stereocenters. The quantitative estimate of drug-likeness (QED) is 0.588. The van der Waals surface area contributed by atoms with Crippen molar-refractivity contribution in [2.75, 3.05) is 6.61 Å². The Morgan fingerprint density at radius 2 is 2.25 bits per heavy atom. The van der Waals surface area contributed by atoms with Crippen LogP contribution >= 0.6 is 0 Å². The van der Waals surface area contributed by atoms with E-state index in [-0.39, 0.29) is 0 Å². The minimum absolute atomic E-state index is 0.487. The van der Waals surface area contributed by atoms with E-state index in [4.69, 9.17) is 4.74 Å². The first-order chi connectivity index (χ1) is 5.70. The highest BCUT2D eigenvalue weighted by atomic mass is 16.5. The van der Waals surface area contributed by atoms with E-state index in [1.807, 2.05) is 11.6 Å². The lowest BCUT2D eigenvalue weighted by Gasteiger charge is -2.21. The van der Waals surface area contributed by atoms with Crippen LogP contribution in [0.5, 0.6) is 5.88 Å². The third-order valence-corrected chi connectivity index (χ3v) is 2.52. The molecule has 0 saturated carbocycles. The number of hydrogen-bond donors (Lipinski definition) is 0. The molecule has 1 aliphatic rings. The summed E-state index contributed by atoms with van der Waals surface area (Å²) in [4.78, 5) is 0. The molecule has 1 atom stereocenters. The molecule has 0 bridgehead atoms. The molecule has 3 heteroatoms. The molecule has 0 aromatic carbocycles. The molecule has 1 aromatic heterocycles. The molecule has 0 aliphatic carbocycles. The molecule has 0 N–H and O–H groups in total. The van der Waals surface area contributed by atoms with Gasteiger partial charge in [-0.1, -0.05) is 0 Å². The van der Waals surface area contributed by atoms with Crippen molar-refractivity contribution in [3.63, 3.8) is 0 Å². The molecule has 1 aliphatic heterocycles. The van der Waals surface area contributed by atoms with Gasteiger partial charge in [-0.15, -0.1) is 0 Å². The largest absolute Gasteiger partial charge is 0.478 e. The van der Waals surface area contributed by atoms with Crippen LogP contribution in [0.4, 0.5) is 0 Å². The van der Waals surface area contributed by atoms with Crippen LogP contribution in [-0.4, -0.2) is 16.4 Å². The van der Waals surface area contributed by atoms with E-state index >= 15 is 0 Å². The van der Waals surface area contributed by atoms with Gasteiger partial charge in [-0.3, -0.25) is 0 Å². The molecule has 0 radical (unpaired) electrons. The summed E-state index contributed by atoms with van der Waals surface area (Å²) >= 11 is 0. The highest BCUT2D eigenvalue weighted by molar-refractivity contribution is 5.30. The van der Waals surface area contributed by atoms with Crippen LogP contribution in [0.2, 0.25) is 0 Å². The van der Waals surface area contributed by atoms with Gasteiger partial charge < -0.3 is 4.74 Å². The molecule has 1 aromatic rings. The first kappa shape index (κ1) is 7.65. The Balaban J connectivity index is 2.52. The number of nitrogens with zero attached hydrogens (tertiary/aromatic N) is 2. The monoisotopic (exact) mass is 166 g/mol. The van der Waals surface area contributed by atoms with Crippen molar-refractivity contribution in [2.24, 2.45) is 0 Å². The van der Waals surface area contributed by atoms with Gasteiger partial charge in [0, 0.05) is 12.0 Å². The van der Waals surface area contributed by atoms with E-state index in [0.717, 1.165) is 24.6 Å². The van der Waals surface area contributed by atoms with Gasteiger partial charge in [-0.25, -0.2) is 4.68 Å². The summed E-state index contributed by atoms with van der Waals surface area (Å²) in [6.45, 7) is 7.09. The van der Waals surface area contributed by atoms with E-state index in [1.54, 1.807) is 0 Å². The first-order valence-corrected chi connectivity index (χ1v) is 4.38. The van der Waals surface area contributed by atoms with Crippen LogP contribution in [0, 0.1) is 13.8 Å². The number of fused-ring (bicyclic) bond motifs is 1. The van der Waals surface area contributed by atoms with Gasteiger partial charge in [-0.2, -0.15) is 5.10 Å². The predicted molar refractivity (Wildman–Crippen MR) is 46.5 cm³/mol. The molecule has 2 rings (SSSR count). The molecule has 0 fully saturated rings. The second kappa shape index (κ2) is 2.51. The second-order valence-electron chi connectivity index (χ2n) is 3.45. The highest BCUT2D eigenvalue weighted by Crippen LogP contribution is 2.29. The summed E-state index contributed by atoms with van der Waals surface area (Å²) in [5.41, 5.74) is 2.26. The van der Waals surface area contributed by atoms with Gasteiger partial charge >= 0.3 is 0 Å². The first-order valence-electron chi connectivity index (χ1n) is 4.38. The van der Waals surface area contributed by atoms with Gasteiger partial charge in [0.2, 0.25) is 5.88 Å². The molecule has 0 amide bonds. The smallest absolute Gasteiger partial charge is 0.215 e. The van der Waals surface area contributed by atoms with Gasteiger partial charge in [0.15, 0.2) is 0 Å². The summed E-state index contributed by atoms with van der Waals surface area (Å²) < 4.78 is 7.54. The maximum Gasteiger partial charge on any atom is 0.215 e. The van der Waals surface area contributed by atoms with Crippen molar-refractivity contribution in [3.8, 4) is 5.88 Å². The van der Waals surface area contributed by atoms with Crippen LogP contribution in [0.3, 0.4) is 0 Å². The van der Waals surface area contributed by atoms with Crippen LogP contribution in [0.1, 0.15) is 30.6 Å². The Morgan fingerprint density at radius 3 is 2.92 bits per heavy atom. The molecule has 0 saturated heterocycles. The summed E-state index contributed by atoms with van der Waals surface area (Å²) in [5.74, 6) is 0.964. The normalized spacial score (nSPS) is 21.8. The van der Waals surface area contributed by atoms with Crippen LogP contribution in [0.25, 0.3) is 0 Å². The third kappa shape index (κ3) is 0.924. The van der Waals surface area contributed by atoms with E-state index < -0.39 is 0 Å². The second-order valence-corrected chi connectivity index (χ2v) is 3.45. The molecule has 66 valence electrons. The van der Waals surface area contributed by atoms with E-state index in [2.05, 4.69) is 18.9 Å². The standard InChI is InChI=1S/C9H14N2O/c1-6-4-5-12-9-7(2)8(3)10-11(6)9/h6H,4-5H2,1-3H3. The average molecular weight is 166 g/mol. The van der Waals surface area contributed by atoms with Crippen molar-refractivity contribution in [3.05, 3.63) is 11.3 Å². The fourth-order valence-corrected chi connectivity index (χ4v) is 1.53. The van der Waals surface area contributed by atoms with Crippen molar-refractivity contribution < 1.29 is 4.74 Å². The maximum atomic E-state index is 5.55. The fraction of sp³-hybridized carbons (Fsp3) is 0.667. The molecule has 0 spiro atoms. The third-order valence-electron chi connectivity index (χ3n) is 2.52. The Hall–Kier alpha value is -0.990. The zero-order valence-corrected chi connectivity index (χ0v) is 7.79. The lowest BCUT2D eigenvalue weighted by Crippen LogP contribution is -2.19. The summed E-state index contributed by atoms with van der Waals surface area (Å²) in [6, 6.07) is 0.487. The summed E-state index contributed by atoms with van der Waals surface area (Å²) in [6.07, 6.45) is 1.06. The topological polar surface area (TPSA) is 27.1 Å². The average Bonchev–Trinajstić information content (AvgIpc) is 2.32. The lowest BCUT2D eigenvalue weighted by molar-refractivity contribution is 0.200. The summed E-state index contributed by atoms with van der Waals surface area (Å²) in [7, 11) is 0. The highest BCUT2D eigenvalue weighted by Gasteiger charge is 2.21. The number of hydrogen-bond acceptors (Lipinski definition) is 2. The number of aromatic nitrogens is 2. The van der Waals surface area contributed by atoms with Crippen molar-refractivity contribution in [1.29, 1.82) is 0 Å². The maximum absolute atomic E-state index is 5.55. The lowest BCUT2D eigenvalue weighted by atomic mass is 10.2. The Labute approximate surface area is 72.3 Å². The minimum Gasteiger partial charge on any atom is -0.478 e. The minimum atomic E-state index is 0.487. The van der Waals surface area contributed by atoms with Gasteiger partial charge in [0.05, 0.1) is 18.3 Å². The van der Waals surface area contributed by atoms with Crippen molar-refractivity contribution >= 4 is 0 Å². The van der Waals surface area contributed by atoms with Gasteiger partial charge in [0.1, 0.15) is 0 Å². The summed E-state index contributed by atoms with van der Waals surface area (Å²) in [5, 5.41) is 4.42. The SMILES string of the molecule is Cc1nn2c(c1C)OCCC2C. The molecule has 12 heavy (non-hydrogen) atoms. The Kier molecular flexibility index (Phi) is 1.60. The van der Waals surface area contributed by atoms with Crippen LogP contribution in [-0.2, 0) is 0 Å². The predicted octanol–water partition coefficient (Wildman–Crippen LogP) is 1.84. The Bertz CT molecular complexity index is 304. The van der Waals surface area contributed by atoms with Crippen molar-refractivity contribution in [1.82, 2.24) is 9.78 Å². The molecular formula is C9H14N2O. The molecule has 3 nitrogen and oxygen atoms in total. The van der Waals surface area contributed by atoms with E-state index in [1.165, 1.54) is 5.56 Å². The van der Waals surface area contributed by atoms with E-state index in [0.29, 0.717) is 6.04 Å². The molecular weight excluding hydrogens is 152 g/mol. The van der Waals surface area contributed by atoms with Crippen molar-refractivity contribution in [2.45, 2.75) is 33.2 Å². The molecule has 2 heterocycles. The van der Waals surface area contributed by atoms with Crippen LogP contribution in [0.15, 0.2) is 0 Å². The fourth-order valence-electron chi connectivity index (χ4n) is 1.53. The Morgan fingerprint density at radius 1 is 1.50 bits per heavy atom. The number of rotatable bonds is 0. The van der Waals surface area contributed by atoms with E-state index in [9.17, 15) is 0 Å². The zero-order valence-electron chi connectivity index (χ0n) is 7.79.